The van der Waals surface area contributed by atoms with E-state index < -0.39 is 32.0 Å². The van der Waals surface area contributed by atoms with Crippen LogP contribution in [-0.2, 0) is 31.7 Å². The second kappa shape index (κ2) is 13.6. The summed E-state index contributed by atoms with van der Waals surface area (Å²) in [6, 6.07) is 0. The van der Waals surface area contributed by atoms with Gasteiger partial charge < -0.3 is 9.05 Å². The summed E-state index contributed by atoms with van der Waals surface area (Å²) in [6.07, 6.45) is 6.98. The van der Waals surface area contributed by atoms with Crippen LogP contribution in [0.2, 0.25) is 0 Å². The van der Waals surface area contributed by atoms with E-state index in [1.165, 1.54) is 0 Å². The SMILES string of the molecule is CCCCC(C)(CC)OP(=O)(OC(C)(CC)CCCC)C(C)(CC(C)C)OP1(=O)OCC(C)(C)CO1. The molecule has 1 heterocycles. The van der Waals surface area contributed by atoms with E-state index in [0.29, 0.717) is 19.3 Å². The second-order valence-electron chi connectivity index (χ2n) is 12.5. The summed E-state index contributed by atoms with van der Waals surface area (Å²) in [5, 5.41) is -1.52. The number of unbranched alkanes of at least 4 members (excludes halogenated alkanes) is 2. The Hall–Kier alpha value is 0.260. The van der Waals surface area contributed by atoms with Crippen molar-refractivity contribution in [3.63, 3.8) is 0 Å². The molecule has 36 heavy (non-hydrogen) atoms. The van der Waals surface area contributed by atoms with Crippen LogP contribution in [0.15, 0.2) is 0 Å². The van der Waals surface area contributed by atoms with Gasteiger partial charge in [0.15, 0.2) is 5.34 Å². The van der Waals surface area contributed by atoms with Crippen molar-refractivity contribution in [1.29, 1.82) is 0 Å². The third-order valence-electron chi connectivity index (χ3n) is 7.20. The van der Waals surface area contributed by atoms with Gasteiger partial charge in [0, 0.05) is 5.41 Å². The minimum absolute atomic E-state index is 0.0652. The van der Waals surface area contributed by atoms with Crippen molar-refractivity contribution >= 4 is 15.4 Å². The highest BCUT2D eigenvalue weighted by molar-refractivity contribution is 7.56. The Bertz CT molecular complexity index is 729. The molecule has 1 rings (SSSR count). The molecule has 1 aliphatic rings. The summed E-state index contributed by atoms with van der Waals surface area (Å²) in [5.41, 5.74) is -1.65. The van der Waals surface area contributed by atoms with Crippen molar-refractivity contribution in [2.24, 2.45) is 11.3 Å². The van der Waals surface area contributed by atoms with Gasteiger partial charge in [-0.15, -0.1) is 0 Å². The molecule has 0 aromatic rings. The molecule has 0 radical (unpaired) electrons. The summed E-state index contributed by atoms with van der Waals surface area (Å²) >= 11 is 0. The fourth-order valence-electron chi connectivity index (χ4n) is 4.30. The number of phosphoric acid groups is 1. The Labute approximate surface area is 222 Å². The first-order valence-corrected chi connectivity index (χ1v) is 17.1. The maximum Gasteiger partial charge on any atom is 0.475 e. The second-order valence-corrected chi connectivity index (χ2v) is 16.4. The molecule has 1 saturated heterocycles. The average Bonchev–Trinajstić information content (AvgIpc) is 2.78. The first-order valence-electron chi connectivity index (χ1n) is 14.1. The third kappa shape index (κ3) is 9.78. The molecule has 0 aromatic heterocycles. The van der Waals surface area contributed by atoms with Gasteiger partial charge in [-0.05, 0) is 58.8 Å². The molecule has 0 aromatic carbocycles. The van der Waals surface area contributed by atoms with Crippen LogP contribution in [0.3, 0.4) is 0 Å². The molecule has 0 amide bonds. The van der Waals surface area contributed by atoms with Crippen molar-refractivity contribution in [2.45, 2.75) is 150 Å². The van der Waals surface area contributed by atoms with Gasteiger partial charge in [0.2, 0.25) is 0 Å². The number of hydrogen-bond donors (Lipinski definition) is 0. The lowest BCUT2D eigenvalue weighted by Gasteiger charge is -2.46. The molecule has 0 bridgehead atoms. The topological polar surface area (TPSA) is 80.3 Å². The Morgan fingerprint density at radius 3 is 1.64 bits per heavy atom. The zero-order valence-corrected chi connectivity index (χ0v) is 26.9. The molecule has 1 fully saturated rings. The zero-order chi connectivity index (χ0) is 27.9. The van der Waals surface area contributed by atoms with Gasteiger partial charge in [-0.25, -0.2) is 4.57 Å². The Morgan fingerprint density at radius 1 is 0.889 bits per heavy atom. The van der Waals surface area contributed by atoms with Gasteiger partial charge in [-0.1, -0.05) is 81.1 Å². The van der Waals surface area contributed by atoms with E-state index in [1.54, 1.807) is 6.92 Å². The minimum atomic E-state index is -4.05. The van der Waals surface area contributed by atoms with Crippen LogP contribution >= 0.6 is 15.4 Å². The normalized spacial score (nSPS) is 24.4. The number of rotatable bonds is 17. The Morgan fingerprint density at radius 2 is 1.31 bits per heavy atom. The summed E-state index contributed by atoms with van der Waals surface area (Å²) in [7, 11) is -8.04. The van der Waals surface area contributed by atoms with E-state index in [0.717, 1.165) is 38.5 Å². The van der Waals surface area contributed by atoms with Crippen molar-refractivity contribution in [3.8, 4) is 0 Å². The van der Waals surface area contributed by atoms with Crippen molar-refractivity contribution < 1.29 is 31.7 Å². The third-order valence-corrected chi connectivity index (χ3v) is 11.7. The van der Waals surface area contributed by atoms with Crippen LogP contribution < -0.4 is 0 Å². The maximum absolute atomic E-state index is 15.2. The molecule has 0 saturated carbocycles. The van der Waals surface area contributed by atoms with Gasteiger partial charge in [0.1, 0.15) is 0 Å². The smallest absolute Gasteiger partial charge is 0.300 e. The molecule has 216 valence electrons. The largest absolute Gasteiger partial charge is 0.475 e. The summed E-state index contributed by atoms with van der Waals surface area (Å²) in [6.45, 7) is 22.4. The molecule has 0 N–H and O–H groups in total. The van der Waals surface area contributed by atoms with Crippen LogP contribution in [0.4, 0.5) is 0 Å². The highest BCUT2D eigenvalue weighted by Gasteiger charge is 2.58. The van der Waals surface area contributed by atoms with Crippen LogP contribution in [0, 0.1) is 11.3 Å². The number of phosphoric ester groups is 1. The molecule has 3 atom stereocenters. The summed E-state index contributed by atoms with van der Waals surface area (Å²) in [5.74, 6) is 0.0652. The molecular weight excluding hydrogens is 498 g/mol. The van der Waals surface area contributed by atoms with Crippen molar-refractivity contribution in [1.82, 2.24) is 0 Å². The summed E-state index contributed by atoms with van der Waals surface area (Å²) in [4.78, 5) is 0. The molecular formula is C27H56O7P2. The van der Waals surface area contributed by atoms with E-state index in [4.69, 9.17) is 22.6 Å². The standard InChI is InChI=1S/C27H56O7P2/c1-12-16-18-25(9,14-3)32-35(28,33-26(10,15-4)19-17-13-2)27(11,20-23(5)6)34-36(29)30-21-24(7,8)22-31-36/h23H,12-22H2,1-11H3. The van der Waals surface area contributed by atoms with Crippen molar-refractivity contribution in [3.05, 3.63) is 0 Å². The number of hydrogen-bond acceptors (Lipinski definition) is 7. The first kappa shape index (κ1) is 34.3. The fraction of sp³-hybridized carbons (Fsp3) is 1.00. The first-order chi connectivity index (χ1) is 16.4. The van der Waals surface area contributed by atoms with Crippen LogP contribution in [0.1, 0.15) is 134 Å². The lowest BCUT2D eigenvalue weighted by molar-refractivity contribution is -0.0534. The van der Waals surface area contributed by atoms with E-state index in [1.807, 2.05) is 55.4 Å². The molecule has 9 heteroatoms. The molecule has 3 unspecified atom stereocenters. The van der Waals surface area contributed by atoms with Gasteiger partial charge >= 0.3 is 15.4 Å². The molecule has 1 aliphatic heterocycles. The van der Waals surface area contributed by atoms with Gasteiger partial charge in [-0.2, -0.15) is 0 Å². The highest BCUT2D eigenvalue weighted by Crippen LogP contribution is 2.72. The van der Waals surface area contributed by atoms with E-state index in [-0.39, 0.29) is 24.5 Å². The average molecular weight is 555 g/mol. The van der Waals surface area contributed by atoms with Crippen LogP contribution in [0.25, 0.3) is 0 Å². The Kier molecular flexibility index (Phi) is 12.9. The Balaban J connectivity index is 3.59. The maximum atomic E-state index is 15.2. The zero-order valence-electron chi connectivity index (χ0n) is 25.1. The van der Waals surface area contributed by atoms with Crippen LogP contribution in [0.5, 0.6) is 0 Å². The predicted octanol–water partition coefficient (Wildman–Crippen LogP) is 9.89. The highest BCUT2D eigenvalue weighted by atomic mass is 31.2. The van der Waals surface area contributed by atoms with Gasteiger partial charge in [0.05, 0.1) is 24.4 Å². The van der Waals surface area contributed by atoms with Gasteiger partial charge in [-0.3, -0.25) is 18.1 Å². The van der Waals surface area contributed by atoms with Gasteiger partial charge in [0.25, 0.3) is 0 Å². The molecule has 0 spiro atoms. The molecule has 0 aliphatic carbocycles. The van der Waals surface area contributed by atoms with Crippen molar-refractivity contribution in [2.75, 3.05) is 13.2 Å². The summed E-state index contributed by atoms with van der Waals surface area (Å²) < 4.78 is 59.7. The lowest BCUT2D eigenvalue weighted by atomic mass is 9.96. The fourth-order valence-corrected chi connectivity index (χ4v) is 9.37. The van der Waals surface area contributed by atoms with Crippen LogP contribution in [-0.4, -0.2) is 29.8 Å². The predicted molar refractivity (Wildman–Crippen MR) is 148 cm³/mol. The van der Waals surface area contributed by atoms with E-state index in [2.05, 4.69) is 13.8 Å². The van der Waals surface area contributed by atoms with E-state index in [9.17, 15) is 4.57 Å². The monoisotopic (exact) mass is 554 g/mol. The minimum Gasteiger partial charge on any atom is -0.300 e. The quantitative estimate of drug-likeness (QED) is 0.165. The lowest BCUT2D eigenvalue weighted by Crippen LogP contribution is -2.41. The van der Waals surface area contributed by atoms with E-state index >= 15 is 4.57 Å². The molecule has 7 nitrogen and oxygen atoms in total.